The summed E-state index contributed by atoms with van der Waals surface area (Å²) in [6.07, 6.45) is 0.320. The zero-order chi connectivity index (χ0) is 14.3. The van der Waals surface area contributed by atoms with Gasteiger partial charge in [-0.1, -0.05) is 0 Å². The van der Waals surface area contributed by atoms with Gasteiger partial charge in [-0.3, -0.25) is 4.79 Å². The van der Waals surface area contributed by atoms with Crippen molar-refractivity contribution >= 4 is 23.6 Å². The Bertz CT molecular complexity index is 494. The first-order valence-corrected chi connectivity index (χ1v) is 6.60. The van der Waals surface area contributed by atoms with E-state index >= 15 is 0 Å². The summed E-state index contributed by atoms with van der Waals surface area (Å²) in [5.74, 6) is -0.750. The van der Waals surface area contributed by atoms with Gasteiger partial charge in [-0.25, -0.2) is 4.79 Å². The van der Waals surface area contributed by atoms with E-state index in [1.165, 1.54) is 28.8 Å². The van der Waals surface area contributed by atoms with E-state index < -0.39 is 5.97 Å². The van der Waals surface area contributed by atoms with E-state index in [2.05, 4.69) is 0 Å². The maximum atomic E-state index is 11.7. The summed E-state index contributed by atoms with van der Waals surface area (Å²) in [5, 5.41) is 17.2. The van der Waals surface area contributed by atoms with Crippen LogP contribution >= 0.6 is 11.8 Å². The number of nitriles is 1. The average molecular weight is 278 g/mol. The number of nitrogens with zero attached hydrogens (tertiary/aromatic N) is 2. The maximum Gasteiger partial charge on any atom is 0.335 e. The molecule has 0 spiro atoms. The number of benzene rings is 1. The van der Waals surface area contributed by atoms with Gasteiger partial charge in [0.25, 0.3) is 0 Å². The predicted octanol–water partition coefficient (Wildman–Crippen LogP) is 1.85. The molecule has 0 bridgehead atoms. The van der Waals surface area contributed by atoms with Crippen LogP contribution in [0.5, 0.6) is 0 Å². The molecule has 0 saturated carbocycles. The fourth-order valence-electron chi connectivity index (χ4n) is 1.29. The molecule has 100 valence electrons. The third-order valence-electron chi connectivity index (χ3n) is 2.45. The highest BCUT2D eigenvalue weighted by Gasteiger charge is 2.09. The highest BCUT2D eigenvalue weighted by Crippen LogP contribution is 2.18. The lowest BCUT2D eigenvalue weighted by molar-refractivity contribution is -0.127. The van der Waals surface area contributed by atoms with Crippen LogP contribution in [0.1, 0.15) is 16.8 Å². The molecular weight excluding hydrogens is 264 g/mol. The zero-order valence-electron chi connectivity index (χ0n) is 10.5. The van der Waals surface area contributed by atoms with Gasteiger partial charge in [0, 0.05) is 18.5 Å². The molecule has 0 aliphatic heterocycles. The number of amides is 1. The summed E-state index contributed by atoms with van der Waals surface area (Å²) < 4.78 is 0. The second-order valence-corrected chi connectivity index (χ2v) is 4.89. The SMILES string of the molecule is CN(CCC#N)C(=O)CSc1ccc(C(=O)O)cc1. The van der Waals surface area contributed by atoms with Crippen LogP contribution in [-0.4, -0.2) is 41.2 Å². The highest BCUT2D eigenvalue weighted by molar-refractivity contribution is 8.00. The summed E-state index contributed by atoms with van der Waals surface area (Å²) in [6, 6.07) is 8.36. The molecule has 1 aromatic rings. The lowest BCUT2D eigenvalue weighted by Crippen LogP contribution is -2.29. The molecule has 0 atom stereocenters. The van der Waals surface area contributed by atoms with Gasteiger partial charge in [-0.05, 0) is 24.3 Å². The minimum atomic E-state index is -0.969. The number of thioether (sulfide) groups is 1. The van der Waals surface area contributed by atoms with Gasteiger partial charge >= 0.3 is 5.97 Å². The van der Waals surface area contributed by atoms with Crippen LogP contribution in [-0.2, 0) is 4.79 Å². The maximum absolute atomic E-state index is 11.7. The molecule has 1 rings (SSSR count). The topological polar surface area (TPSA) is 81.4 Å². The van der Waals surface area contributed by atoms with Crippen LogP contribution in [0.15, 0.2) is 29.2 Å². The Hall–Kier alpha value is -2.00. The molecule has 0 aliphatic rings. The molecule has 0 aromatic heterocycles. The van der Waals surface area contributed by atoms with Gasteiger partial charge in [0.15, 0.2) is 0 Å². The van der Waals surface area contributed by atoms with Crippen LogP contribution in [0.3, 0.4) is 0 Å². The quantitative estimate of drug-likeness (QED) is 0.803. The van der Waals surface area contributed by atoms with Crippen molar-refractivity contribution < 1.29 is 14.7 Å². The minimum Gasteiger partial charge on any atom is -0.478 e. The molecule has 0 fully saturated rings. The Morgan fingerprint density at radius 3 is 2.53 bits per heavy atom. The highest BCUT2D eigenvalue weighted by atomic mass is 32.2. The van der Waals surface area contributed by atoms with Crippen molar-refractivity contribution in [2.75, 3.05) is 19.3 Å². The van der Waals surface area contributed by atoms with Crippen molar-refractivity contribution in [2.24, 2.45) is 0 Å². The van der Waals surface area contributed by atoms with Crippen molar-refractivity contribution in [1.82, 2.24) is 4.90 Å². The zero-order valence-corrected chi connectivity index (χ0v) is 11.3. The van der Waals surface area contributed by atoms with Crippen LogP contribution in [0.25, 0.3) is 0 Å². The minimum absolute atomic E-state index is 0.0532. The number of hydrogen-bond donors (Lipinski definition) is 1. The smallest absolute Gasteiger partial charge is 0.335 e. The number of carboxylic acid groups (broad SMARTS) is 1. The number of rotatable bonds is 6. The summed E-state index contributed by atoms with van der Waals surface area (Å²) in [4.78, 5) is 24.7. The van der Waals surface area contributed by atoms with Gasteiger partial charge in [0.2, 0.25) is 5.91 Å². The molecule has 0 heterocycles. The Morgan fingerprint density at radius 2 is 2.00 bits per heavy atom. The molecule has 1 N–H and O–H groups in total. The van der Waals surface area contributed by atoms with E-state index in [1.807, 2.05) is 6.07 Å². The summed E-state index contributed by atoms with van der Waals surface area (Å²) >= 11 is 1.34. The lowest BCUT2D eigenvalue weighted by Gasteiger charge is -2.14. The molecule has 1 aromatic carbocycles. The summed E-state index contributed by atoms with van der Waals surface area (Å²) in [7, 11) is 1.66. The second kappa shape index (κ2) is 7.44. The van der Waals surface area contributed by atoms with E-state index in [-0.39, 0.29) is 17.2 Å². The molecular formula is C13H14N2O3S. The van der Waals surface area contributed by atoms with Crippen LogP contribution in [0.4, 0.5) is 0 Å². The number of carbonyl (C=O) groups excluding carboxylic acids is 1. The molecule has 19 heavy (non-hydrogen) atoms. The van der Waals surface area contributed by atoms with Gasteiger partial charge in [-0.2, -0.15) is 5.26 Å². The predicted molar refractivity (Wildman–Crippen MR) is 72.0 cm³/mol. The van der Waals surface area contributed by atoms with Crippen molar-refractivity contribution in [3.05, 3.63) is 29.8 Å². The fourth-order valence-corrected chi connectivity index (χ4v) is 2.13. The van der Waals surface area contributed by atoms with Gasteiger partial charge in [0.1, 0.15) is 0 Å². The van der Waals surface area contributed by atoms with E-state index in [0.29, 0.717) is 13.0 Å². The molecule has 1 amide bonds. The van der Waals surface area contributed by atoms with Gasteiger partial charge < -0.3 is 10.0 Å². The number of carbonyl (C=O) groups is 2. The first kappa shape index (κ1) is 15.1. The third kappa shape index (κ3) is 5.02. The number of hydrogen-bond acceptors (Lipinski definition) is 4. The Balaban J connectivity index is 2.46. The number of aromatic carboxylic acids is 1. The molecule has 0 saturated heterocycles. The largest absolute Gasteiger partial charge is 0.478 e. The van der Waals surface area contributed by atoms with E-state index in [9.17, 15) is 9.59 Å². The summed E-state index contributed by atoms with van der Waals surface area (Å²) in [5.41, 5.74) is 0.224. The van der Waals surface area contributed by atoms with Crippen molar-refractivity contribution in [2.45, 2.75) is 11.3 Å². The number of carboxylic acids is 1. The third-order valence-corrected chi connectivity index (χ3v) is 3.45. The van der Waals surface area contributed by atoms with Crippen molar-refractivity contribution in [3.63, 3.8) is 0 Å². The Kier molecular flexibility index (Phi) is 5.90. The van der Waals surface area contributed by atoms with E-state index in [4.69, 9.17) is 10.4 Å². The molecule has 0 radical (unpaired) electrons. The van der Waals surface area contributed by atoms with Crippen molar-refractivity contribution in [1.29, 1.82) is 5.26 Å². The van der Waals surface area contributed by atoms with Gasteiger partial charge in [-0.15, -0.1) is 11.8 Å². The molecule has 0 unspecified atom stereocenters. The van der Waals surface area contributed by atoms with Gasteiger partial charge in [0.05, 0.1) is 23.8 Å². The molecule has 5 nitrogen and oxygen atoms in total. The van der Waals surface area contributed by atoms with E-state index in [1.54, 1.807) is 19.2 Å². The standard InChI is InChI=1S/C13H14N2O3S/c1-15(8-2-7-14)12(16)9-19-11-5-3-10(4-6-11)13(17)18/h3-6H,2,8-9H2,1H3,(H,17,18). The molecule has 6 heteroatoms. The monoisotopic (exact) mass is 278 g/mol. The Labute approximate surface area is 115 Å². The summed E-state index contributed by atoms with van der Waals surface area (Å²) in [6.45, 7) is 0.424. The lowest BCUT2D eigenvalue weighted by atomic mass is 10.2. The molecule has 0 aliphatic carbocycles. The first-order chi connectivity index (χ1) is 9.04. The van der Waals surface area contributed by atoms with Crippen molar-refractivity contribution in [3.8, 4) is 6.07 Å². The normalized spacial score (nSPS) is 9.68. The van der Waals surface area contributed by atoms with Crippen LogP contribution < -0.4 is 0 Å². The second-order valence-electron chi connectivity index (χ2n) is 3.84. The van der Waals surface area contributed by atoms with E-state index in [0.717, 1.165) is 4.90 Å². The fraction of sp³-hybridized carbons (Fsp3) is 0.308. The first-order valence-electron chi connectivity index (χ1n) is 5.61. The average Bonchev–Trinajstić information content (AvgIpc) is 2.42. The Morgan fingerprint density at radius 1 is 1.37 bits per heavy atom. The van der Waals surface area contributed by atoms with Crippen LogP contribution in [0, 0.1) is 11.3 Å². The van der Waals surface area contributed by atoms with Crippen LogP contribution in [0.2, 0.25) is 0 Å².